The van der Waals surface area contributed by atoms with E-state index in [0.717, 1.165) is 23.4 Å². The van der Waals surface area contributed by atoms with Crippen LogP contribution in [0.25, 0.3) is 0 Å². The van der Waals surface area contributed by atoms with Crippen LogP contribution in [0.15, 0.2) is 18.2 Å². The summed E-state index contributed by atoms with van der Waals surface area (Å²) in [6.45, 7) is 5.50. The molecule has 2 rings (SSSR count). The van der Waals surface area contributed by atoms with Crippen molar-refractivity contribution >= 4 is 11.6 Å². The summed E-state index contributed by atoms with van der Waals surface area (Å²) >= 11 is 6.34. The molecule has 0 saturated heterocycles. The van der Waals surface area contributed by atoms with E-state index in [2.05, 4.69) is 44.4 Å². The Balaban J connectivity index is 2.19. The Morgan fingerprint density at radius 2 is 2.10 bits per heavy atom. The second kappa shape index (κ2) is 7.47. The van der Waals surface area contributed by atoms with Crippen molar-refractivity contribution in [1.82, 2.24) is 5.32 Å². The third-order valence-corrected chi connectivity index (χ3v) is 5.30. The third-order valence-electron chi connectivity index (χ3n) is 4.89. The van der Waals surface area contributed by atoms with Gasteiger partial charge in [0.2, 0.25) is 0 Å². The molecule has 2 heteroatoms. The first-order valence-corrected chi connectivity index (χ1v) is 8.44. The van der Waals surface area contributed by atoms with E-state index in [1.54, 1.807) is 0 Å². The molecule has 1 aromatic rings. The zero-order valence-corrected chi connectivity index (χ0v) is 13.8. The normalized spacial score (nSPS) is 26.7. The van der Waals surface area contributed by atoms with Crippen molar-refractivity contribution in [2.45, 2.75) is 51.9 Å². The summed E-state index contributed by atoms with van der Waals surface area (Å²) in [5.41, 5.74) is 2.63. The van der Waals surface area contributed by atoms with Gasteiger partial charge in [0.15, 0.2) is 0 Å². The maximum atomic E-state index is 6.34. The zero-order valence-electron chi connectivity index (χ0n) is 13.1. The van der Waals surface area contributed by atoms with Crippen LogP contribution in [0, 0.1) is 18.8 Å². The summed E-state index contributed by atoms with van der Waals surface area (Å²) in [5, 5.41) is 4.30. The average molecular weight is 294 g/mol. The summed E-state index contributed by atoms with van der Waals surface area (Å²) in [6, 6.07) is 6.68. The van der Waals surface area contributed by atoms with Crippen LogP contribution in [0.4, 0.5) is 0 Å². The molecule has 1 nitrogen and oxygen atoms in total. The fourth-order valence-electron chi connectivity index (χ4n) is 3.75. The molecule has 1 aliphatic carbocycles. The van der Waals surface area contributed by atoms with E-state index < -0.39 is 0 Å². The molecule has 3 unspecified atom stereocenters. The fraction of sp³-hybridized carbons (Fsp3) is 0.667. The molecule has 1 N–H and O–H groups in total. The van der Waals surface area contributed by atoms with Gasteiger partial charge in [-0.2, -0.15) is 0 Å². The average Bonchev–Trinajstić information content (AvgIpc) is 2.44. The fourth-order valence-corrected chi connectivity index (χ4v) is 3.93. The molecule has 0 bridgehead atoms. The Hall–Kier alpha value is -0.530. The van der Waals surface area contributed by atoms with E-state index in [0.29, 0.717) is 5.92 Å². The molecule has 0 heterocycles. The van der Waals surface area contributed by atoms with E-state index in [1.807, 2.05) is 0 Å². The maximum Gasteiger partial charge on any atom is 0.0438 e. The lowest BCUT2D eigenvalue weighted by molar-refractivity contribution is 0.223. The van der Waals surface area contributed by atoms with Crippen LogP contribution < -0.4 is 5.32 Å². The van der Waals surface area contributed by atoms with Crippen LogP contribution in [0.3, 0.4) is 0 Å². The van der Waals surface area contributed by atoms with E-state index in [9.17, 15) is 0 Å². The van der Waals surface area contributed by atoms with Gasteiger partial charge in [0.25, 0.3) is 0 Å². The molecule has 0 amide bonds. The van der Waals surface area contributed by atoms with Crippen LogP contribution in [0.5, 0.6) is 0 Å². The molecule has 1 aromatic carbocycles. The van der Waals surface area contributed by atoms with Gasteiger partial charge in [-0.05, 0) is 68.3 Å². The number of halogens is 1. The van der Waals surface area contributed by atoms with Gasteiger partial charge in [-0.3, -0.25) is 0 Å². The molecule has 1 aliphatic rings. The van der Waals surface area contributed by atoms with Crippen LogP contribution in [-0.4, -0.2) is 13.6 Å². The first kappa shape index (κ1) is 15.9. The standard InChI is InChI=1S/C18H28ClN/c1-4-5-14-7-9-16(12-20-3)17(10-14)15-8-6-13(2)18(19)11-15/h6,8,11,14,16-17,20H,4-5,7,9-10,12H2,1-3H3. The highest BCUT2D eigenvalue weighted by Crippen LogP contribution is 2.42. The Morgan fingerprint density at radius 3 is 2.75 bits per heavy atom. The number of rotatable bonds is 5. The number of hydrogen-bond donors (Lipinski definition) is 1. The summed E-state index contributed by atoms with van der Waals surface area (Å²) in [7, 11) is 2.07. The van der Waals surface area contributed by atoms with Gasteiger partial charge < -0.3 is 5.32 Å². The number of hydrogen-bond acceptors (Lipinski definition) is 1. The van der Waals surface area contributed by atoms with Crippen LogP contribution in [-0.2, 0) is 0 Å². The summed E-state index contributed by atoms with van der Waals surface area (Å²) < 4.78 is 0. The topological polar surface area (TPSA) is 12.0 Å². The molecular formula is C18H28ClN. The molecule has 1 saturated carbocycles. The number of nitrogens with one attached hydrogen (secondary N) is 1. The largest absolute Gasteiger partial charge is 0.319 e. The molecule has 0 aromatic heterocycles. The molecule has 0 radical (unpaired) electrons. The molecule has 0 aliphatic heterocycles. The lowest BCUT2D eigenvalue weighted by Crippen LogP contribution is -2.30. The minimum Gasteiger partial charge on any atom is -0.319 e. The van der Waals surface area contributed by atoms with Crippen molar-refractivity contribution < 1.29 is 0 Å². The van der Waals surface area contributed by atoms with Gasteiger partial charge in [0, 0.05) is 5.02 Å². The van der Waals surface area contributed by atoms with Gasteiger partial charge in [-0.25, -0.2) is 0 Å². The highest BCUT2D eigenvalue weighted by molar-refractivity contribution is 6.31. The number of aryl methyl sites for hydroxylation is 1. The summed E-state index contributed by atoms with van der Waals surface area (Å²) in [4.78, 5) is 0. The van der Waals surface area contributed by atoms with Crippen molar-refractivity contribution in [3.63, 3.8) is 0 Å². The Morgan fingerprint density at radius 1 is 1.30 bits per heavy atom. The summed E-state index contributed by atoms with van der Waals surface area (Å²) in [5.74, 6) is 2.33. The molecule has 1 fully saturated rings. The zero-order chi connectivity index (χ0) is 14.5. The second-order valence-corrected chi connectivity index (χ2v) is 6.81. The van der Waals surface area contributed by atoms with E-state index >= 15 is 0 Å². The molecular weight excluding hydrogens is 266 g/mol. The van der Waals surface area contributed by atoms with Gasteiger partial charge in [-0.15, -0.1) is 0 Å². The van der Waals surface area contributed by atoms with Crippen molar-refractivity contribution in [1.29, 1.82) is 0 Å². The van der Waals surface area contributed by atoms with E-state index in [-0.39, 0.29) is 0 Å². The van der Waals surface area contributed by atoms with Crippen LogP contribution in [0.2, 0.25) is 5.02 Å². The molecule has 112 valence electrons. The smallest absolute Gasteiger partial charge is 0.0438 e. The maximum absolute atomic E-state index is 6.34. The highest BCUT2D eigenvalue weighted by atomic mass is 35.5. The minimum atomic E-state index is 0.672. The Labute approximate surface area is 129 Å². The quantitative estimate of drug-likeness (QED) is 0.790. The molecule has 0 spiro atoms. The van der Waals surface area contributed by atoms with E-state index in [1.165, 1.54) is 43.2 Å². The first-order chi connectivity index (χ1) is 9.65. The third kappa shape index (κ3) is 3.77. The SMILES string of the molecule is CCCC1CCC(CNC)C(c2ccc(C)c(Cl)c2)C1. The van der Waals surface area contributed by atoms with Gasteiger partial charge in [0.1, 0.15) is 0 Å². The van der Waals surface area contributed by atoms with Crippen molar-refractivity contribution in [2.75, 3.05) is 13.6 Å². The molecule has 20 heavy (non-hydrogen) atoms. The van der Waals surface area contributed by atoms with Crippen molar-refractivity contribution in [2.24, 2.45) is 11.8 Å². The van der Waals surface area contributed by atoms with Crippen LogP contribution >= 0.6 is 11.6 Å². The number of benzene rings is 1. The van der Waals surface area contributed by atoms with Gasteiger partial charge in [0.05, 0.1) is 0 Å². The lowest BCUT2D eigenvalue weighted by Gasteiger charge is -2.37. The van der Waals surface area contributed by atoms with Gasteiger partial charge in [-0.1, -0.05) is 49.9 Å². The predicted octanol–water partition coefficient (Wildman–Crippen LogP) is 5.17. The van der Waals surface area contributed by atoms with Crippen LogP contribution in [0.1, 0.15) is 56.1 Å². The van der Waals surface area contributed by atoms with Crippen molar-refractivity contribution in [3.8, 4) is 0 Å². The minimum absolute atomic E-state index is 0.672. The lowest BCUT2D eigenvalue weighted by atomic mass is 9.70. The predicted molar refractivity (Wildman–Crippen MR) is 88.6 cm³/mol. The van der Waals surface area contributed by atoms with Gasteiger partial charge >= 0.3 is 0 Å². The highest BCUT2D eigenvalue weighted by Gasteiger charge is 2.30. The van der Waals surface area contributed by atoms with E-state index in [4.69, 9.17) is 11.6 Å². The first-order valence-electron chi connectivity index (χ1n) is 8.06. The Kier molecular flexibility index (Phi) is 5.92. The molecule has 3 atom stereocenters. The van der Waals surface area contributed by atoms with Crippen molar-refractivity contribution in [3.05, 3.63) is 34.3 Å². The Bertz CT molecular complexity index is 429. The monoisotopic (exact) mass is 293 g/mol. The second-order valence-electron chi connectivity index (χ2n) is 6.40. The summed E-state index contributed by atoms with van der Waals surface area (Å²) in [6.07, 6.45) is 6.77.